The highest BCUT2D eigenvalue weighted by Gasteiger charge is 2.44. The fourth-order valence-corrected chi connectivity index (χ4v) is 6.54. The van der Waals surface area contributed by atoms with Crippen molar-refractivity contribution < 1.29 is 27.9 Å². The van der Waals surface area contributed by atoms with E-state index in [1.165, 1.54) is 21.7 Å². The Morgan fingerprint density at radius 2 is 1.83 bits per heavy atom. The van der Waals surface area contributed by atoms with E-state index in [1.807, 2.05) is 6.92 Å². The van der Waals surface area contributed by atoms with Gasteiger partial charge in [-0.2, -0.15) is 13.2 Å². The van der Waals surface area contributed by atoms with Gasteiger partial charge < -0.3 is 21.1 Å². The smallest absolute Gasteiger partial charge is 0.390 e. The molecule has 0 spiro atoms. The average molecular weight is 585 g/mol. The molecule has 0 bridgehead atoms. The van der Waals surface area contributed by atoms with Gasteiger partial charge in [0.25, 0.3) is 11.8 Å². The SMILES string of the molecule is C[C@@H](C1CC1)N1Cc2cc(-c3ccn4nc(N)c(C(=O)N[C@H]5CC[C@H](C(C)(C)O)CC5)c4n3)cc(C(F)(F)F)c2C1=O. The van der Waals surface area contributed by atoms with Crippen molar-refractivity contribution in [3.63, 3.8) is 0 Å². The number of carbonyl (C=O) groups is 2. The Bertz CT molecular complexity index is 1560. The molecule has 2 aliphatic carbocycles. The summed E-state index contributed by atoms with van der Waals surface area (Å²) in [4.78, 5) is 32.6. The Morgan fingerprint density at radius 3 is 2.45 bits per heavy atom. The monoisotopic (exact) mass is 584 g/mol. The van der Waals surface area contributed by atoms with Crippen LogP contribution < -0.4 is 11.1 Å². The van der Waals surface area contributed by atoms with Crippen LogP contribution in [0.15, 0.2) is 24.4 Å². The molecule has 3 aromatic rings. The molecule has 2 aromatic heterocycles. The van der Waals surface area contributed by atoms with Crippen molar-refractivity contribution in [3.8, 4) is 11.3 Å². The number of nitrogens with zero attached hydrogens (tertiary/aromatic N) is 4. The van der Waals surface area contributed by atoms with Crippen LogP contribution in [0.5, 0.6) is 0 Å². The summed E-state index contributed by atoms with van der Waals surface area (Å²) in [6, 6.07) is 3.81. The van der Waals surface area contributed by atoms with Crippen LogP contribution >= 0.6 is 0 Å². The lowest BCUT2D eigenvalue weighted by atomic mass is 9.77. The first-order chi connectivity index (χ1) is 19.7. The van der Waals surface area contributed by atoms with Crippen LogP contribution in [0.1, 0.15) is 91.1 Å². The molecule has 0 unspecified atom stereocenters. The standard InChI is InChI=1S/C30H35F3N6O3/c1-15(16-4-5-16)38-14-18-12-17(13-21(30(31,32)33)23(18)28(38)41)22-10-11-39-26(36-22)24(25(34)37-39)27(40)35-20-8-6-19(7-9-20)29(2,3)42/h10-13,15-16,19-20,42H,4-9,14H2,1-3H3,(H2,34,37)(H,35,40)/t15-,19-,20-/m0/s1. The first-order valence-corrected chi connectivity index (χ1v) is 14.5. The summed E-state index contributed by atoms with van der Waals surface area (Å²) < 4.78 is 44.1. The average Bonchev–Trinajstić information content (AvgIpc) is 3.64. The van der Waals surface area contributed by atoms with E-state index < -0.39 is 29.2 Å². The summed E-state index contributed by atoms with van der Waals surface area (Å²) in [6.07, 6.45) is 1.62. The van der Waals surface area contributed by atoms with Crippen LogP contribution in [0.3, 0.4) is 0 Å². The first-order valence-electron chi connectivity index (χ1n) is 14.5. The third-order valence-electron chi connectivity index (χ3n) is 9.23. The largest absolute Gasteiger partial charge is 0.417 e. The molecule has 2 saturated carbocycles. The number of nitrogens with two attached hydrogens (primary N) is 1. The van der Waals surface area contributed by atoms with Gasteiger partial charge >= 0.3 is 6.18 Å². The third-order valence-corrected chi connectivity index (χ3v) is 9.23. The molecule has 9 nitrogen and oxygen atoms in total. The van der Waals surface area contributed by atoms with Gasteiger partial charge in [0.05, 0.1) is 22.4 Å². The number of benzene rings is 1. The molecule has 2 amide bonds. The summed E-state index contributed by atoms with van der Waals surface area (Å²) in [5.74, 6) is -0.632. The fraction of sp³-hybridized carbons (Fsp3) is 0.533. The van der Waals surface area contributed by atoms with Crippen LogP contribution in [-0.2, 0) is 12.7 Å². The minimum atomic E-state index is -4.74. The molecule has 0 radical (unpaired) electrons. The van der Waals surface area contributed by atoms with Crippen molar-refractivity contribution in [1.29, 1.82) is 0 Å². The third kappa shape index (κ3) is 5.10. The topological polar surface area (TPSA) is 126 Å². The molecule has 0 saturated heterocycles. The summed E-state index contributed by atoms with van der Waals surface area (Å²) in [7, 11) is 0. The minimum absolute atomic E-state index is 0.0393. The van der Waals surface area contributed by atoms with Crippen molar-refractivity contribution >= 4 is 23.3 Å². The Hall–Kier alpha value is -3.67. The van der Waals surface area contributed by atoms with E-state index in [4.69, 9.17) is 5.73 Å². The molecule has 1 atom stereocenters. The minimum Gasteiger partial charge on any atom is -0.390 e. The molecule has 224 valence electrons. The molecule has 4 N–H and O–H groups in total. The highest BCUT2D eigenvalue weighted by atomic mass is 19.4. The molecule has 3 aliphatic rings. The normalized spacial score (nSPS) is 22.0. The van der Waals surface area contributed by atoms with E-state index in [0.717, 1.165) is 31.7 Å². The second-order valence-electron chi connectivity index (χ2n) is 12.6. The van der Waals surface area contributed by atoms with Crippen LogP contribution in [0.25, 0.3) is 16.9 Å². The van der Waals surface area contributed by atoms with Gasteiger partial charge in [0.2, 0.25) is 0 Å². The number of hydrogen-bond donors (Lipinski definition) is 3. The number of alkyl halides is 3. The first kappa shape index (κ1) is 28.4. The van der Waals surface area contributed by atoms with Gasteiger partial charge in [0.15, 0.2) is 11.5 Å². The van der Waals surface area contributed by atoms with E-state index in [-0.39, 0.29) is 58.4 Å². The van der Waals surface area contributed by atoms with Gasteiger partial charge in [-0.3, -0.25) is 9.59 Å². The van der Waals surface area contributed by atoms with Gasteiger partial charge in [-0.05, 0) is 94.9 Å². The number of halogens is 3. The summed E-state index contributed by atoms with van der Waals surface area (Å²) in [5.41, 5.74) is 4.93. The second kappa shape index (κ2) is 9.96. The fourth-order valence-electron chi connectivity index (χ4n) is 6.54. The number of aliphatic hydroxyl groups is 1. The number of anilines is 1. The number of carbonyl (C=O) groups excluding carboxylic acids is 2. The Kier molecular flexibility index (Phi) is 6.75. The Balaban J connectivity index is 1.31. The predicted octanol–water partition coefficient (Wildman–Crippen LogP) is 4.81. The molecule has 2 fully saturated rings. The summed E-state index contributed by atoms with van der Waals surface area (Å²) in [6.45, 7) is 5.58. The van der Waals surface area contributed by atoms with Crippen LogP contribution in [-0.4, -0.2) is 54.1 Å². The number of fused-ring (bicyclic) bond motifs is 2. The number of rotatable bonds is 6. The highest BCUT2D eigenvalue weighted by molar-refractivity contribution is 6.04. The van der Waals surface area contributed by atoms with Gasteiger partial charge in [0.1, 0.15) is 5.56 Å². The molecule has 1 aromatic carbocycles. The Labute approximate surface area is 241 Å². The second-order valence-corrected chi connectivity index (χ2v) is 12.6. The van der Waals surface area contributed by atoms with Crippen molar-refractivity contribution in [2.75, 3.05) is 5.73 Å². The quantitative estimate of drug-likeness (QED) is 0.382. The summed E-state index contributed by atoms with van der Waals surface area (Å²) >= 11 is 0. The molecule has 6 rings (SSSR count). The van der Waals surface area contributed by atoms with Crippen molar-refractivity contribution in [1.82, 2.24) is 24.8 Å². The summed E-state index contributed by atoms with van der Waals surface area (Å²) in [5, 5.41) is 17.5. The van der Waals surface area contributed by atoms with Gasteiger partial charge in [-0.25, -0.2) is 9.50 Å². The molecule has 1 aliphatic heterocycles. The maximum atomic E-state index is 14.3. The number of nitrogen functional groups attached to an aromatic ring is 1. The molecular weight excluding hydrogens is 549 g/mol. The molecule has 42 heavy (non-hydrogen) atoms. The zero-order valence-corrected chi connectivity index (χ0v) is 23.8. The number of amides is 2. The van der Waals surface area contributed by atoms with Gasteiger partial charge in [-0.15, -0.1) is 5.10 Å². The molecule has 3 heterocycles. The van der Waals surface area contributed by atoms with E-state index >= 15 is 0 Å². The molecular formula is C30H35F3N6O3. The van der Waals surface area contributed by atoms with Crippen molar-refractivity contribution in [2.45, 2.75) is 89.7 Å². The zero-order valence-electron chi connectivity index (χ0n) is 23.8. The van der Waals surface area contributed by atoms with Crippen LogP contribution in [0.2, 0.25) is 0 Å². The predicted molar refractivity (Wildman–Crippen MR) is 149 cm³/mol. The van der Waals surface area contributed by atoms with Crippen LogP contribution in [0, 0.1) is 11.8 Å². The number of aromatic nitrogens is 3. The highest BCUT2D eigenvalue weighted by Crippen LogP contribution is 2.43. The number of hydrogen-bond acceptors (Lipinski definition) is 6. The zero-order chi connectivity index (χ0) is 30.1. The van der Waals surface area contributed by atoms with E-state index in [9.17, 15) is 27.9 Å². The Morgan fingerprint density at radius 1 is 1.14 bits per heavy atom. The van der Waals surface area contributed by atoms with Crippen molar-refractivity contribution in [3.05, 3.63) is 46.6 Å². The lowest BCUT2D eigenvalue weighted by molar-refractivity contribution is -0.137. The maximum absolute atomic E-state index is 14.3. The van der Waals surface area contributed by atoms with Crippen LogP contribution in [0.4, 0.5) is 19.0 Å². The van der Waals surface area contributed by atoms with Gasteiger partial charge in [0, 0.05) is 30.4 Å². The van der Waals surface area contributed by atoms with E-state index in [2.05, 4.69) is 15.4 Å². The molecule has 12 heteroatoms. The lowest BCUT2D eigenvalue weighted by Gasteiger charge is -2.36. The van der Waals surface area contributed by atoms with Gasteiger partial charge in [-0.1, -0.05) is 0 Å². The van der Waals surface area contributed by atoms with Crippen molar-refractivity contribution in [2.24, 2.45) is 11.8 Å². The lowest BCUT2D eigenvalue weighted by Crippen LogP contribution is -2.41. The number of nitrogens with one attached hydrogen (secondary N) is 1. The van der Waals surface area contributed by atoms with E-state index in [0.29, 0.717) is 24.3 Å². The van der Waals surface area contributed by atoms with E-state index in [1.54, 1.807) is 19.9 Å². The maximum Gasteiger partial charge on any atom is 0.417 e.